The van der Waals surface area contributed by atoms with Crippen LogP contribution in [0.2, 0.25) is 0 Å². The maximum atomic E-state index is 9.94. The molecule has 0 atom stereocenters. The highest BCUT2D eigenvalue weighted by molar-refractivity contribution is 5.65. The summed E-state index contributed by atoms with van der Waals surface area (Å²) in [7, 11) is 0. The number of nitrogens with zero attached hydrogens (tertiary/aromatic N) is 4. The first-order valence-corrected chi connectivity index (χ1v) is 8.81. The van der Waals surface area contributed by atoms with Crippen LogP contribution in [-0.2, 0) is 0 Å². The molecular weight excluding hydrogens is 328 g/mol. The highest BCUT2D eigenvalue weighted by Gasteiger charge is 2.15. The highest BCUT2D eigenvalue weighted by Crippen LogP contribution is 2.30. The average molecular weight is 352 g/mol. The number of phenolic OH excluding ortho intramolecular Hbond substituents is 1. The van der Waals surface area contributed by atoms with E-state index in [1.807, 2.05) is 45.0 Å². The van der Waals surface area contributed by atoms with Crippen molar-refractivity contribution in [2.45, 2.75) is 34.6 Å². The first-order valence-electron chi connectivity index (χ1n) is 8.81. The van der Waals surface area contributed by atoms with Gasteiger partial charge in [-0.2, -0.15) is 4.98 Å². The maximum absolute atomic E-state index is 9.94. The molecule has 0 unspecified atom stereocenters. The third-order valence-electron chi connectivity index (χ3n) is 4.45. The number of phenols is 1. The van der Waals surface area contributed by atoms with Gasteiger partial charge in [-0.3, -0.25) is 0 Å². The lowest BCUT2D eigenvalue weighted by Gasteiger charge is -2.20. The van der Waals surface area contributed by atoms with E-state index in [9.17, 15) is 5.11 Å². The van der Waals surface area contributed by atoms with Gasteiger partial charge in [0.05, 0.1) is 0 Å². The number of anilines is 1. The van der Waals surface area contributed by atoms with E-state index in [0.29, 0.717) is 17.5 Å². The van der Waals surface area contributed by atoms with Crippen LogP contribution in [-0.4, -0.2) is 33.3 Å². The van der Waals surface area contributed by atoms with Crippen LogP contribution in [0.25, 0.3) is 22.8 Å². The van der Waals surface area contributed by atoms with E-state index in [1.165, 1.54) is 0 Å². The molecule has 136 valence electrons. The zero-order chi connectivity index (χ0) is 18.8. The summed E-state index contributed by atoms with van der Waals surface area (Å²) in [4.78, 5) is 11.3. The second-order valence-electron chi connectivity index (χ2n) is 6.41. The second-order valence-corrected chi connectivity index (χ2v) is 6.41. The van der Waals surface area contributed by atoms with Gasteiger partial charge in [-0.05, 0) is 70.0 Å². The molecule has 0 aliphatic heterocycles. The third kappa shape index (κ3) is 3.40. The Bertz CT molecular complexity index is 906. The molecule has 0 saturated heterocycles. The zero-order valence-electron chi connectivity index (χ0n) is 15.9. The fourth-order valence-electron chi connectivity index (χ4n) is 3.03. The monoisotopic (exact) mass is 352 g/mol. The smallest absolute Gasteiger partial charge is 0.258 e. The van der Waals surface area contributed by atoms with Crippen molar-refractivity contribution in [3.05, 3.63) is 41.1 Å². The van der Waals surface area contributed by atoms with Gasteiger partial charge in [-0.25, -0.2) is 4.98 Å². The average Bonchev–Trinajstić information content (AvgIpc) is 3.10. The molecule has 0 radical (unpaired) electrons. The van der Waals surface area contributed by atoms with E-state index in [0.717, 1.165) is 46.9 Å². The van der Waals surface area contributed by atoms with Gasteiger partial charge in [0.1, 0.15) is 11.6 Å². The molecule has 2 aromatic heterocycles. The van der Waals surface area contributed by atoms with Gasteiger partial charge >= 0.3 is 0 Å². The Balaban J connectivity index is 2.00. The number of rotatable bonds is 5. The summed E-state index contributed by atoms with van der Waals surface area (Å²) in [5.74, 6) is 2.17. The Labute approximate surface area is 153 Å². The molecule has 3 rings (SSSR count). The predicted octanol–water partition coefficient (Wildman–Crippen LogP) is 4.28. The summed E-state index contributed by atoms with van der Waals surface area (Å²) in [6, 6.07) is 7.63. The molecule has 0 aliphatic carbocycles. The Morgan fingerprint density at radius 2 is 1.58 bits per heavy atom. The molecule has 0 fully saturated rings. The molecule has 0 aliphatic rings. The standard InChI is InChI=1S/C20H24N4O2/c1-6-24(7-2)17-11-16(10-14(5)21-17)20-22-19(23-26-20)15-8-12(3)18(25)13(4)9-15/h8-11,25H,6-7H2,1-5H3. The molecule has 0 bridgehead atoms. The normalized spacial score (nSPS) is 11.0. The molecule has 1 N–H and O–H groups in total. The molecule has 6 nitrogen and oxygen atoms in total. The van der Waals surface area contributed by atoms with Crippen LogP contribution in [0.1, 0.15) is 30.7 Å². The Morgan fingerprint density at radius 1 is 0.923 bits per heavy atom. The summed E-state index contributed by atoms with van der Waals surface area (Å²) >= 11 is 0. The van der Waals surface area contributed by atoms with Crippen LogP contribution in [0.15, 0.2) is 28.8 Å². The second kappa shape index (κ2) is 7.15. The van der Waals surface area contributed by atoms with Crippen LogP contribution in [0.4, 0.5) is 5.82 Å². The van der Waals surface area contributed by atoms with E-state index in [4.69, 9.17) is 4.52 Å². The molecule has 6 heteroatoms. The van der Waals surface area contributed by atoms with Crippen molar-refractivity contribution < 1.29 is 9.63 Å². The minimum atomic E-state index is 0.297. The number of aryl methyl sites for hydroxylation is 3. The summed E-state index contributed by atoms with van der Waals surface area (Å²) in [5.41, 5.74) is 4.15. The maximum Gasteiger partial charge on any atom is 0.258 e. The number of aromatic nitrogens is 3. The van der Waals surface area contributed by atoms with Gasteiger partial charge in [-0.15, -0.1) is 0 Å². The van der Waals surface area contributed by atoms with Crippen LogP contribution in [0.5, 0.6) is 5.75 Å². The summed E-state index contributed by atoms with van der Waals surface area (Å²) in [6.45, 7) is 11.6. The van der Waals surface area contributed by atoms with Gasteiger partial charge < -0.3 is 14.5 Å². The summed E-state index contributed by atoms with van der Waals surface area (Å²) in [5, 5.41) is 14.1. The molecule has 26 heavy (non-hydrogen) atoms. The Morgan fingerprint density at radius 3 is 2.19 bits per heavy atom. The Hall–Kier alpha value is -2.89. The minimum absolute atomic E-state index is 0.297. The molecular formula is C20H24N4O2. The van der Waals surface area contributed by atoms with Gasteiger partial charge in [0.15, 0.2) is 0 Å². The SMILES string of the molecule is CCN(CC)c1cc(-c2nc(-c3cc(C)c(O)c(C)c3)no2)cc(C)n1. The number of pyridine rings is 1. The summed E-state index contributed by atoms with van der Waals surface area (Å²) in [6.07, 6.45) is 0. The van der Waals surface area contributed by atoms with Gasteiger partial charge in [0.2, 0.25) is 5.82 Å². The number of hydrogen-bond donors (Lipinski definition) is 1. The van der Waals surface area contributed by atoms with E-state index in [-0.39, 0.29) is 0 Å². The highest BCUT2D eigenvalue weighted by atomic mass is 16.5. The van der Waals surface area contributed by atoms with Crippen molar-refractivity contribution in [2.24, 2.45) is 0 Å². The van der Waals surface area contributed by atoms with Crippen LogP contribution in [0, 0.1) is 20.8 Å². The fourth-order valence-corrected chi connectivity index (χ4v) is 3.03. The zero-order valence-corrected chi connectivity index (χ0v) is 15.9. The van der Waals surface area contributed by atoms with Crippen LogP contribution >= 0.6 is 0 Å². The van der Waals surface area contributed by atoms with Crippen molar-refractivity contribution in [1.29, 1.82) is 0 Å². The lowest BCUT2D eigenvalue weighted by atomic mass is 10.1. The molecule has 2 heterocycles. The quantitative estimate of drug-likeness (QED) is 0.739. The van der Waals surface area contributed by atoms with Crippen LogP contribution in [0.3, 0.4) is 0 Å². The van der Waals surface area contributed by atoms with Crippen molar-refractivity contribution in [2.75, 3.05) is 18.0 Å². The molecule has 0 spiro atoms. The van der Waals surface area contributed by atoms with E-state index >= 15 is 0 Å². The van der Waals surface area contributed by atoms with E-state index < -0.39 is 0 Å². The fraction of sp³-hybridized carbons (Fsp3) is 0.350. The Kier molecular flexibility index (Phi) is 4.93. The number of aromatic hydroxyl groups is 1. The largest absolute Gasteiger partial charge is 0.507 e. The van der Waals surface area contributed by atoms with Gasteiger partial charge in [0, 0.05) is 29.9 Å². The van der Waals surface area contributed by atoms with Gasteiger partial charge in [0.25, 0.3) is 5.89 Å². The minimum Gasteiger partial charge on any atom is -0.507 e. The number of benzene rings is 1. The van der Waals surface area contributed by atoms with Crippen LogP contribution < -0.4 is 4.90 Å². The molecule has 1 aromatic carbocycles. The molecule has 0 saturated carbocycles. The predicted molar refractivity (Wildman–Crippen MR) is 102 cm³/mol. The van der Waals surface area contributed by atoms with Crippen molar-refractivity contribution >= 4 is 5.82 Å². The lowest BCUT2D eigenvalue weighted by molar-refractivity contribution is 0.432. The van der Waals surface area contributed by atoms with Crippen molar-refractivity contribution in [3.63, 3.8) is 0 Å². The van der Waals surface area contributed by atoms with Crippen molar-refractivity contribution in [1.82, 2.24) is 15.1 Å². The lowest BCUT2D eigenvalue weighted by Crippen LogP contribution is -2.23. The first-order chi connectivity index (χ1) is 12.4. The first kappa shape index (κ1) is 17.9. The summed E-state index contributed by atoms with van der Waals surface area (Å²) < 4.78 is 5.50. The van der Waals surface area contributed by atoms with Crippen molar-refractivity contribution in [3.8, 4) is 28.6 Å². The third-order valence-corrected chi connectivity index (χ3v) is 4.45. The van der Waals surface area contributed by atoms with Gasteiger partial charge in [-0.1, -0.05) is 5.16 Å². The molecule has 0 amide bonds. The van der Waals surface area contributed by atoms with E-state index in [1.54, 1.807) is 0 Å². The topological polar surface area (TPSA) is 75.3 Å². The number of hydrogen-bond acceptors (Lipinski definition) is 6. The molecule has 3 aromatic rings. The van der Waals surface area contributed by atoms with E-state index in [2.05, 4.69) is 33.9 Å².